The van der Waals surface area contributed by atoms with E-state index >= 15 is 0 Å². The predicted octanol–water partition coefficient (Wildman–Crippen LogP) is 5.90. The van der Waals surface area contributed by atoms with Crippen molar-refractivity contribution in [2.75, 3.05) is 0 Å². The Kier molecular flexibility index (Phi) is 7.31. The quantitative estimate of drug-likeness (QED) is 0.402. The average Bonchev–Trinajstić information content (AvgIpc) is 3.27. The number of ketones is 1. The van der Waals surface area contributed by atoms with Crippen molar-refractivity contribution in [3.05, 3.63) is 0 Å². The Bertz CT molecular complexity index is 419. The molecule has 0 aromatic carbocycles. The van der Waals surface area contributed by atoms with Crippen LogP contribution >= 0.6 is 0 Å². The number of rotatable bonds is 14. The Morgan fingerprint density at radius 2 is 1.29 bits per heavy atom. The van der Waals surface area contributed by atoms with Crippen molar-refractivity contribution in [3.8, 4) is 0 Å². The molecule has 0 amide bonds. The van der Waals surface area contributed by atoms with Gasteiger partial charge in [-0.1, -0.05) is 57.8 Å². The van der Waals surface area contributed by atoms with Gasteiger partial charge >= 0.3 is 5.97 Å². The van der Waals surface area contributed by atoms with Crippen molar-refractivity contribution in [2.24, 2.45) is 10.8 Å². The summed E-state index contributed by atoms with van der Waals surface area (Å²) in [4.78, 5) is 22.5. The molecule has 2 aliphatic carbocycles. The van der Waals surface area contributed by atoms with Crippen LogP contribution in [0.15, 0.2) is 0 Å². The van der Waals surface area contributed by atoms with E-state index in [2.05, 4.69) is 0 Å². The third-order valence-corrected chi connectivity index (χ3v) is 6.65. The number of Topliss-reactive ketones (excluding diaryl/α,β-unsaturated/α-hetero) is 1. The SMILES string of the molecule is CC(=O)C1(CCCCCCCCCCC2(CC(=O)O)CCC2)CC1. The maximum absolute atomic E-state index is 11.5. The number of carboxylic acids is 1. The molecular formula is C21H36O3. The first-order valence-electron chi connectivity index (χ1n) is 10.2. The van der Waals surface area contributed by atoms with Gasteiger partial charge in [-0.25, -0.2) is 0 Å². The van der Waals surface area contributed by atoms with Gasteiger partial charge in [0.15, 0.2) is 0 Å². The Balaban J connectivity index is 1.39. The number of unbranched alkanes of at least 4 members (excludes halogenated alkanes) is 7. The summed E-state index contributed by atoms with van der Waals surface area (Å²) in [6.45, 7) is 1.76. The molecule has 2 saturated carbocycles. The van der Waals surface area contributed by atoms with Crippen LogP contribution < -0.4 is 0 Å². The summed E-state index contributed by atoms with van der Waals surface area (Å²) in [6.07, 6.45) is 18.5. The molecule has 138 valence electrons. The van der Waals surface area contributed by atoms with E-state index in [9.17, 15) is 9.59 Å². The average molecular weight is 337 g/mol. The van der Waals surface area contributed by atoms with Gasteiger partial charge in [0.05, 0.1) is 6.42 Å². The lowest BCUT2D eigenvalue weighted by Gasteiger charge is -2.41. The number of carbonyl (C=O) groups excluding carboxylic acids is 1. The van der Waals surface area contributed by atoms with Crippen LogP contribution in [0.5, 0.6) is 0 Å². The highest BCUT2D eigenvalue weighted by molar-refractivity contribution is 5.84. The predicted molar refractivity (Wildman–Crippen MR) is 97.1 cm³/mol. The third-order valence-electron chi connectivity index (χ3n) is 6.65. The van der Waals surface area contributed by atoms with Crippen LogP contribution in [0.4, 0.5) is 0 Å². The van der Waals surface area contributed by atoms with E-state index in [4.69, 9.17) is 5.11 Å². The fourth-order valence-corrected chi connectivity index (χ4v) is 4.47. The molecule has 0 spiro atoms. The molecule has 0 atom stereocenters. The van der Waals surface area contributed by atoms with Gasteiger partial charge in [0.1, 0.15) is 5.78 Å². The maximum atomic E-state index is 11.5. The van der Waals surface area contributed by atoms with Crippen molar-refractivity contribution in [1.82, 2.24) is 0 Å². The Morgan fingerprint density at radius 3 is 1.67 bits per heavy atom. The van der Waals surface area contributed by atoms with Gasteiger partial charge in [-0.05, 0) is 50.9 Å². The molecule has 0 saturated heterocycles. The van der Waals surface area contributed by atoms with Gasteiger partial charge in [0, 0.05) is 5.41 Å². The van der Waals surface area contributed by atoms with E-state index < -0.39 is 5.97 Å². The first-order chi connectivity index (χ1) is 11.5. The fraction of sp³-hybridized carbons (Fsp3) is 0.905. The van der Waals surface area contributed by atoms with Crippen LogP contribution in [-0.2, 0) is 9.59 Å². The number of carbonyl (C=O) groups is 2. The summed E-state index contributed by atoms with van der Waals surface area (Å²) in [6, 6.07) is 0. The second-order valence-electron chi connectivity index (χ2n) is 8.59. The molecule has 2 fully saturated rings. The Morgan fingerprint density at radius 1 is 0.792 bits per heavy atom. The smallest absolute Gasteiger partial charge is 0.303 e. The molecule has 3 heteroatoms. The van der Waals surface area contributed by atoms with E-state index in [1.807, 2.05) is 0 Å². The zero-order valence-corrected chi connectivity index (χ0v) is 15.6. The molecule has 0 aromatic rings. The standard InChI is InChI=1S/C21H36O3/c1-18(22)21(15-16-21)14-9-7-5-3-2-4-6-8-11-20(12-10-13-20)17-19(23)24/h2-17H2,1H3,(H,23,24). The summed E-state index contributed by atoms with van der Waals surface area (Å²) in [5, 5.41) is 9.02. The van der Waals surface area contributed by atoms with Crippen LogP contribution in [0, 0.1) is 10.8 Å². The number of aliphatic carboxylic acids is 1. The van der Waals surface area contributed by atoms with Crippen LogP contribution in [0.25, 0.3) is 0 Å². The van der Waals surface area contributed by atoms with Crippen LogP contribution in [0.1, 0.15) is 110 Å². The van der Waals surface area contributed by atoms with E-state index in [0.29, 0.717) is 12.2 Å². The van der Waals surface area contributed by atoms with Crippen molar-refractivity contribution >= 4 is 11.8 Å². The molecule has 2 rings (SSSR count). The summed E-state index contributed by atoms with van der Waals surface area (Å²) in [5.41, 5.74) is 0.259. The van der Waals surface area contributed by atoms with E-state index in [-0.39, 0.29) is 10.8 Å². The number of hydrogen-bond donors (Lipinski definition) is 1. The molecule has 1 N–H and O–H groups in total. The molecule has 0 bridgehead atoms. The monoisotopic (exact) mass is 336 g/mol. The molecule has 3 nitrogen and oxygen atoms in total. The summed E-state index contributed by atoms with van der Waals surface area (Å²) >= 11 is 0. The topological polar surface area (TPSA) is 54.4 Å². The van der Waals surface area contributed by atoms with Crippen LogP contribution in [0.3, 0.4) is 0 Å². The Labute approximate surface area is 147 Å². The zero-order chi connectivity index (χ0) is 17.5. The molecule has 24 heavy (non-hydrogen) atoms. The van der Waals surface area contributed by atoms with E-state index in [1.54, 1.807) is 6.92 Å². The molecule has 0 aromatic heterocycles. The number of hydrogen-bond acceptors (Lipinski definition) is 2. The third kappa shape index (κ3) is 5.89. The highest BCUT2D eigenvalue weighted by atomic mass is 16.4. The van der Waals surface area contributed by atoms with Crippen molar-refractivity contribution in [2.45, 2.75) is 110 Å². The molecule has 0 heterocycles. The van der Waals surface area contributed by atoms with E-state index in [0.717, 1.165) is 38.5 Å². The van der Waals surface area contributed by atoms with Crippen LogP contribution in [0.2, 0.25) is 0 Å². The van der Waals surface area contributed by atoms with Crippen LogP contribution in [-0.4, -0.2) is 16.9 Å². The van der Waals surface area contributed by atoms with Gasteiger partial charge in [0.2, 0.25) is 0 Å². The van der Waals surface area contributed by atoms with E-state index in [1.165, 1.54) is 57.8 Å². The highest BCUT2D eigenvalue weighted by Gasteiger charge is 2.46. The molecule has 0 radical (unpaired) electrons. The zero-order valence-electron chi connectivity index (χ0n) is 15.6. The summed E-state index contributed by atoms with van der Waals surface area (Å²) in [7, 11) is 0. The van der Waals surface area contributed by atoms with Crippen molar-refractivity contribution < 1.29 is 14.7 Å². The molecule has 0 aliphatic heterocycles. The van der Waals surface area contributed by atoms with Crippen molar-refractivity contribution in [1.29, 1.82) is 0 Å². The largest absolute Gasteiger partial charge is 0.481 e. The minimum absolute atomic E-state index is 0.105. The minimum atomic E-state index is -0.618. The lowest BCUT2D eigenvalue weighted by Crippen LogP contribution is -2.31. The summed E-state index contributed by atoms with van der Waals surface area (Å²) in [5.74, 6) is -0.206. The maximum Gasteiger partial charge on any atom is 0.303 e. The number of carboxylic acid groups (broad SMARTS) is 1. The van der Waals surface area contributed by atoms with Gasteiger partial charge in [-0.15, -0.1) is 0 Å². The second kappa shape index (κ2) is 9.01. The lowest BCUT2D eigenvalue weighted by molar-refractivity contribution is -0.141. The molecule has 2 aliphatic rings. The van der Waals surface area contributed by atoms with Gasteiger partial charge in [-0.2, -0.15) is 0 Å². The normalized spacial score (nSPS) is 20.4. The van der Waals surface area contributed by atoms with Gasteiger partial charge in [0.25, 0.3) is 0 Å². The first kappa shape index (κ1) is 19.5. The van der Waals surface area contributed by atoms with Crippen molar-refractivity contribution in [3.63, 3.8) is 0 Å². The second-order valence-corrected chi connectivity index (χ2v) is 8.59. The fourth-order valence-electron chi connectivity index (χ4n) is 4.47. The molecule has 0 unspecified atom stereocenters. The minimum Gasteiger partial charge on any atom is -0.481 e. The highest BCUT2D eigenvalue weighted by Crippen LogP contribution is 2.50. The summed E-state index contributed by atoms with van der Waals surface area (Å²) < 4.78 is 0. The van der Waals surface area contributed by atoms with Gasteiger partial charge in [-0.3, -0.25) is 9.59 Å². The molecular weight excluding hydrogens is 300 g/mol. The Hall–Kier alpha value is -0.860. The lowest BCUT2D eigenvalue weighted by atomic mass is 9.64. The van der Waals surface area contributed by atoms with Gasteiger partial charge < -0.3 is 5.11 Å². The first-order valence-corrected chi connectivity index (χ1v) is 10.2.